The number of rotatable bonds is 4. The molecule has 1 unspecified atom stereocenters. The van der Waals surface area contributed by atoms with Crippen LogP contribution in [0.1, 0.15) is 12.5 Å². The van der Waals surface area contributed by atoms with Gasteiger partial charge in [0.1, 0.15) is 5.03 Å². The molecule has 0 saturated heterocycles. The lowest BCUT2D eigenvalue weighted by Crippen LogP contribution is -2.18. The van der Waals surface area contributed by atoms with Gasteiger partial charge in [-0.3, -0.25) is 0 Å². The molecule has 2 rings (SSSR count). The van der Waals surface area contributed by atoms with Crippen molar-refractivity contribution in [1.29, 1.82) is 0 Å². The van der Waals surface area contributed by atoms with E-state index in [0.29, 0.717) is 0 Å². The highest BCUT2D eigenvalue weighted by molar-refractivity contribution is 7.99. The Morgan fingerprint density at radius 1 is 1.33 bits per heavy atom. The molecule has 94 valence electrons. The summed E-state index contributed by atoms with van der Waals surface area (Å²) >= 11 is 7.68. The largest absolute Gasteiger partial charge is 0.328 e. The molecular weight excluding hydrogens is 264 g/mol. The molecule has 1 aromatic carbocycles. The lowest BCUT2D eigenvalue weighted by atomic mass is 10.1. The van der Waals surface area contributed by atoms with Crippen molar-refractivity contribution < 1.29 is 0 Å². The minimum absolute atomic E-state index is 0.117. The van der Waals surface area contributed by atoms with Crippen LogP contribution in [0.2, 0.25) is 5.02 Å². The van der Waals surface area contributed by atoms with E-state index in [1.165, 1.54) is 5.56 Å². The highest BCUT2D eigenvalue weighted by Gasteiger charge is 2.08. The van der Waals surface area contributed by atoms with Crippen LogP contribution in [0, 0.1) is 0 Å². The fourth-order valence-electron chi connectivity index (χ4n) is 1.67. The number of aromatic nitrogens is 1. The van der Waals surface area contributed by atoms with E-state index in [1.54, 1.807) is 18.0 Å². The predicted octanol–water partition coefficient (Wildman–Crippen LogP) is 3.78. The molecule has 1 atom stereocenters. The van der Waals surface area contributed by atoms with Crippen LogP contribution in [-0.2, 0) is 6.42 Å². The normalized spacial score (nSPS) is 12.4. The van der Waals surface area contributed by atoms with E-state index in [1.807, 2.05) is 43.3 Å². The topological polar surface area (TPSA) is 38.9 Å². The van der Waals surface area contributed by atoms with Gasteiger partial charge < -0.3 is 5.73 Å². The van der Waals surface area contributed by atoms with Crippen molar-refractivity contribution in [3.8, 4) is 0 Å². The zero-order chi connectivity index (χ0) is 13.0. The molecule has 0 spiro atoms. The molecule has 1 heterocycles. The van der Waals surface area contributed by atoms with E-state index >= 15 is 0 Å². The molecule has 2 aromatic rings. The second-order valence-corrected chi connectivity index (χ2v) is 5.70. The van der Waals surface area contributed by atoms with Crippen molar-refractivity contribution in [2.24, 2.45) is 5.73 Å². The molecule has 0 aliphatic heterocycles. The lowest BCUT2D eigenvalue weighted by molar-refractivity contribution is 0.729. The molecule has 2 N–H and O–H groups in total. The van der Waals surface area contributed by atoms with Crippen LogP contribution in [0.5, 0.6) is 0 Å². The van der Waals surface area contributed by atoms with Gasteiger partial charge in [0.05, 0.1) is 0 Å². The summed E-state index contributed by atoms with van der Waals surface area (Å²) in [6, 6.07) is 11.9. The Bertz CT molecular complexity index is 514. The summed E-state index contributed by atoms with van der Waals surface area (Å²) in [6.07, 6.45) is 2.61. The number of pyridine rings is 1. The summed E-state index contributed by atoms with van der Waals surface area (Å²) in [4.78, 5) is 5.48. The molecular formula is C14H15ClN2S. The number of nitrogens with two attached hydrogens (primary N) is 1. The van der Waals surface area contributed by atoms with Crippen molar-refractivity contribution in [3.05, 3.63) is 53.2 Å². The maximum atomic E-state index is 6.04. The summed E-state index contributed by atoms with van der Waals surface area (Å²) in [5.41, 5.74) is 7.04. The fourth-order valence-corrected chi connectivity index (χ4v) is 2.76. The van der Waals surface area contributed by atoms with Gasteiger partial charge in [0.25, 0.3) is 0 Å². The van der Waals surface area contributed by atoms with Gasteiger partial charge in [-0.15, -0.1) is 0 Å². The molecule has 1 aromatic heterocycles. The zero-order valence-electron chi connectivity index (χ0n) is 10.1. The number of nitrogens with zero attached hydrogens (tertiary/aromatic N) is 1. The molecule has 2 nitrogen and oxygen atoms in total. The summed E-state index contributed by atoms with van der Waals surface area (Å²) in [5.74, 6) is 0. The third kappa shape index (κ3) is 3.73. The highest BCUT2D eigenvalue weighted by Crippen LogP contribution is 2.31. The standard InChI is InChI=1S/C14H15ClN2S/c1-10(16)8-11-9-12(15)5-6-13(11)18-14-4-2-3-7-17-14/h2-7,9-10H,8,16H2,1H3. The molecule has 0 saturated carbocycles. The van der Waals surface area contributed by atoms with Gasteiger partial charge in [0, 0.05) is 22.2 Å². The van der Waals surface area contributed by atoms with Gasteiger partial charge in [0.2, 0.25) is 0 Å². The highest BCUT2D eigenvalue weighted by atomic mass is 35.5. The zero-order valence-corrected chi connectivity index (χ0v) is 11.7. The first-order valence-electron chi connectivity index (χ1n) is 5.78. The summed E-state index contributed by atoms with van der Waals surface area (Å²) in [7, 11) is 0. The number of halogens is 1. The third-order valence-corrected chi connectivity index (χ3v) is 3.72. The average Bonchev–Trinajstić information content (AvgIpc) is 2.33. The van der Waals surface area contributed by atoms with Crippen LogP contribution in [0.15, 0.2) is 52.5 Å². The third-order valence-electron chi connectivity index (χ3n) is 2.42. The molecule has 0 bridgehead atoms. The Labute approximate surface area is 117 Å². The predicted molar refractivity (Wildman–Crippen MR) is 77.2 cm³/mol. The summed E-state index contributed by atoms with van der Waals surface area (Å²) < 4.78 is 0. The smallest absolute Gasteiger partial charge is 0.101 e. The Morgan fingerprint density at radius 2 is 2.17 bits per heavy atom. The maximum absolute atomic E-state index is 6.04. The van der Waals surface area contributed by atoms with Crippen molar-refractivity contribution in [2.75, 3.05) is 0 Å². The first kappa shape index (κ1) is 13.4. The van der Waals surface area contributed by atoms with Gasteiger partial charge in [0.15, 0.2) is 0 Å². The van der Waals surface area contributed by atoms with Crippen LogP contribution in [0.4, 0.5) is 0 Å². The van der Waals surface area contributed by atoms with Crippen molar-refractivity contribution in [1.82, 2.24) is 4.98 Å². The maximum Gasteiger partial charge on any atom is 0.101 e. The van der Waals surface area contributed by atoms with E-state index in [9.17, 15) is 0 Å². The molecule has 18 heavy (non-hydrogen) atoms. The van der Waals surface area contributed by atoms with Crippen molar-refractivity contribution in [3.63, 3.8) is 0 Å². The Kier molecular flexibility index (Phi) is 4.64. The Morgan fingerprint density at radius 3 is 2.83 bits per heavy atom. The van der Waals surface area contributed by atoms with Gasteiger partial charge in [-0.25, -0.2) is 4.98 Å². The molecule has 0 fully saturated rings. The van der Waals surface area contributed by atoms with Crippen LogP contribution in [-0.4, -0.2) is 11.0 Å². The van der Waals surface area contributed by atoms with Gasteiger partial charge in [-0.1, -0.05) is 29.4 Å². The van der Waals surface area contributed by atoms with Crippen LogP contribution in [0.3, 0.4) is 0 Å². The first-order chi connectivity index (χ1) is 8.65. The molecule has 0 aliphatic carbocycles. The number of benzene rings is 1. The summed E-state index contributed by atoms with van der Waals surface area (Å²) in [6.45, 7) is 2.00. The minimum Gasteiger partial charge on any atom is -0.328 e. The second-order valence-electron chi connectivity index (χ2n) is 4.20. The quantitative estimate of drug-likeness (QED) is 0.925. The number of hydrogen-bond donors (Lipinski definition) is 1. The molecule has 0 amide bonds. The van der Waals surface area contributed by atoms with E-state index < -0.39 is 0 Å². The molecule has 0 aliphatic rings. The summed E-state index contributed by atoms with van der Waals surface area (Å²) in [5, 5.41) is 1.72. The number of hydrogen-bond acceptors (Lipinski definition) is 3. The van der Waals surface area contributed by atoms with Crippen LogP contribution < -0.4 is 5.73 Å². The lowest BCUT2D eigenvalue weighted by Gasteiger charge is -2.11. The Balaban J connectivity index is 2.26. The van der Waals surface area contributed by atoms with Crippen molar-refractivity contribution >= 4 is 23.4 Å². The van der Waals surface area contributed by atoms with E-state index in [2.05, 4.69) is 4.98 Å². The monoisotopic (exact) mass is 278 g/mol. The van der Waals surface area contributed by atoms with Crippen molar-refractivity contribution in [2.45, 2.75) is 29.3 Å². The Hall–Kier alpha value is -1.03. The van der Waals surface area contributed by atoms with E-state index in [0.717, 1.165) is 21.4 Å². The SMILES string of the molecule is CC(N)Cc1cc(Cl)ccc1Sc1ccccn1. The van der Waals surface area contributed by atoms with E-state index in [-0.39, 0.29) is 6.04 Å². The average molecular weight is 279 g/mol. The molecule has 0 radical (unpaired) electrons. The fraction of sp³-hybridized carbons (Fsp3) is 0.214. The van der Waals surface area contributed by atoms with Gasteiger partial charge >= 0.3 is 0 Å². The van der Waals surface area contributed by atoms with E-state index in [4.69, 9.17) is 17.3 Å². The molecule has 4 heteroatoms. The van der Waals surface area contributed by atoms with Gasteiger partial charge in [-0.05, 0) is 49.2 Å². The first-order valence-corrected chi connectivity index (χ1v) is 6.97. The van der Waals surface area contributed by atoms with Crippen LogP contribution >= 0.6 is 23.4 Å². The second kappa shape index (κ2) is 6.23. The van der Waals surface area contributed by atoms with Crippen LogP contribution in [0.25, 0.3) is 0 Å². The van der Waals surface area contributed by atoms with Gasteiger partial charge in [-0.2, -0.15) is 0 Å². The minimum atomic E-state index is 0.117.